The van der Waals surface area contributed by atoms with Crippen molar-refractivity contribution in [3.8, 4) is 0 Å². The van der Waals surface area contributed by atoms with E-state index in [2.05, 4.69) is 15.5 Å². The highest BCUT2D eigenvalue weighted by molar-refractivity contribution is 5.95. The Hall–Kier alpha value is -2.64. The summed E-state index contributed by atoms with van der Waals surface area (Å²) in [5, 5.41) is 11.8. The molecular formula is C17H23N5O3. The zero-order valence-electron chi connectivity index (χ0n) is 15.2. The molecule has 1 atom stereocenters. The predicted molar refractivity (Wildman–Crippen MR) is 91.4 cm³/mol. The quantitative estimate of drug-likeness (QED) is 0.850. The minimum absolute atomic E-state index is 0.0258. The summed E-state index contributed by atoms with van der Waals surface area (Å²) in [5.74, 6) is -0.00840. The van der Waals surface area contributed by atoms with Gasteiger partial charge in [-0.25, -0.2) is 4.68 Å². The van der Waals surface area contributed by atoms with Gasteiger partial charge in [-0.2, -0.15) is 10.2 Å². The molecule has 0 aliphatic carbocycles. The lowest BCUT2D eigenvalue weighted by Gasteiger charge is -2.24. The first-order valence-corrected chi connectivity index (χ1v) is 8.36. The van der Waals surface area contributed by atoms with Gasteiger partial charge in [-0.3, -0.25) is 14.3 Å². The summed E-state index contributed by atoms with van der Waals surface area (Å²) in [6.45, 7) is 7.89. The molecule has 2 aromatic heterocycles. The lowest BCUT2D eigenvalue weighted by atomic mass is 9.84. The van der Waals surface area contributed by atoms with Crippen molar-refractivity contribution in [3.63, 3.8) is 0 Å². The minimum atomic E-state index is -0.377. The third-order valence-corrected chi connectivity index (χ3v) is 4.67. The highest BCUT2D eigenvalue weighted by Gasteiger charge is 2.35. The molecule has 1 aliphatic rings. The van der Waals surface area contributed by atoms with Crippen molar-refractivity contribution in [2.24, 2.45) is 7.05 Å². The molecule has 0 radical (unpaired) electrons. The van der Waals surface area contributed by atoms with Gasteiger partial charge in [0.25, 0.3) is 0 Å². The smallest absolute Gasteiger partial charge is 0.327 e. The van der Waals surface area contributed by atoms with E-state index in [4.69, 9.17) is 4.74 Å². The molecule has 8 heteroatoms. The second-order valence-electron chi connectivity index (χ2n) is 6.32. The molecule has 0 bridgehead atoms. The van der Waals surface area contributed by atoms with Crippen molar-refractivity contribution in [1.82, 2.24) is 19.6 Å². The van der Waals surface area contributed by atoms with Crippen LogP contribution in [-0.2, 0) is 27.9 Å². The summed E-state index contributed by atoms with van der Waals surface area (Å²) in [6.07, 6.45) is 0.340. The van der Waals surface area contributed by atoms with Crippen molar-refractivity contribution in [2.75, 3.05) is 11.9 Å². The summed E-state index contributed by atoms with van der Waals surface area (Å²) in [6, 6.07) is 0. The molecule has 3 rings (SSSR count). The first kappa shape index (κ1) is 17.2. The van der Waals surface area contributed by atoms with Crippen LogP contribution in [0.2, 0.25) is 0 Å². The Bertz CT molecular complexity index is 849. The summed E-state index contributed by atoms with van der Waals surface area (Å²) in [5.41, 5.74) is 4.73. The number of aryl methyl sites for hydroxylation is 3. The van der Waals surface area contributed by atoms with Gasteiger partial charge in [0.05, 0.1) is 18.0 Å². The Balaban J connectivity index is 2.08. The van der Waals surface area contributed by atoms with Crippen molar-refractivity contribution < 1.29 is 14.3 Å². The highest BCUT2D eigenvalue weighted by Crippen LogP contribution is 2.41. The Kier molecular flexibility index (Phi) is 4.36. The number of esters is 1. The average molecular weight is 345 g/mol. The third-order valence-electron chi connectivity index (χ3n) is 4.67. The topological polar surface area (TPSA) is 91.0 Å². The van der Waals surface area contributed by atoms with Crippen LogP contribution in [0.4, 0.5) is 5.82 Å². The number of carbonyl (C=O) groups is 2. The van der Waals surface area contributed by atoms with Crippen LogP contribution in [0, 0.1) is 20.8 Å². The Labute approximate surface area is 146 Å². The van der Waals surface area contributed by atoms with E-state index < -0.39 is 0 Å². The van der Waals surface area contributed by atoms with Crippen LogP contribution in [-0.4, -0.2) is 38.0 Å². The average Bonchev–Trinajstić information content (AvgIpc) is 2.96. The molecule has 1 aliphatic heterocycles. The van der Waals surface area contributed by atoms with Crippen LogP contribution >= 0.6 is 0 Å². The third kappa shape index (κ3) is 2.92. The molecule has 1 N–H and O–H groups in total. The van der Waals surface area contributed by atoms with E-state index in [1.807, 2.05) is 32.5 Å². The number of rotatable bonds is 4. The SMILES string of the molecule is CCOC(=O)Cn1nc(C)c2c1NC(=O)C[C@@H]2c1c(C)nn(C)c1C. The van der Waals surface area contributed by atoms with Gasteiger partial charge in [0.15, 0.2) is 0 Å². The van der Waals surface area contributed by atoms with Gasteiger partial charge >= 0.3 is 5.97 Å². The van der Waals surface area contributed by atoms with E-state index in [0.717, 1.165) is 28.2 Å². The molecule has 3 heterocycles. The number of hydrogen-bond acceptors (Lipinski definition) is 5. The fourth-order valence-corrected chi connectivity index (χ4v) is 3.60. The number of carbonyl (C=O) groups excluding carboxylic acids is 2. The number of nitrogens with zero attached hydrogens (tertiary/aromatic N) is 4. The van der Waals surface area contributed by atoms with Crippen LogP contribution in [0.1, 0.15) is 47.5 Å². The Morgan fingerprint density at radius 3 is 2.52 bits per heavy atom. The fraction of sp³-hybridized carbons (Fsp3) is 0.529. The monoisotopic (exact) mass is 345 g/mol. The number of aromatic nitrogens is 4. The normalized spacial score (nSPS) is 16.5. The van der Waals surface area contributed by atoms with Crippen molar-refractivity contribution >= 4 is 17.7 Å². The molecule has 8 nitrogen and oxygen atoms in total. The van der Waals surface area contributed by atoms with Crippen LogP contribution in [0.5, 0.6) is 0 Å². The molecule has 0 saturated heterocycles. The molecule has 0 fully saturated rings. The second-order valence-corrected chi connectivity index (χ2v) is 6.32. The van der Waals surface area contributed by atoms with E-state index in [9.17, 15) is 9.59 Å². The number of anilines is 1. The minimum Gasteiger partial charge on any atom is -0.465 e. The standard InChI is InChI=1S/C17H23N5O3/c1-6-25-14(24)8-22-17-16(10(3)20-22)12(7-13(23)18-17)15-9(2)19-21(5)11(15)4/h12H,6-8H2,1-5H3,(H,18,23)/t12-/m1/s1. The second kappa shape index (κ2) is 6.34. The maximum absolute atomic E-state index is 12.3. The summed E-state index contributed by atoms with van der Waals surface area (Å²) < 4.78 is 8.35. The summed E-state index contributed by atoms with van der Waals surface area (Å²) in [7, 11) is 1.90. The van der Waals surface area contributed by atoms with E-state index in [1.54, 1.807) is 6.92 Å². The van der Waals surface area contributed by atoms with Gasteiger partial charge < -0.3 is 10.1 Å². The van der Waals surface area contributed by atoms with E-state index in [1.165, 1.54) is 4.68 Å². The molecule has 134 valence electrons. The summed E-state index contributed by atoms with van der Waals surface area (Å²) >= 11 is 0. The molecule has 25 heavy (non-hydrogen) atoms. The molecule has 1 amide bonds. The van der Waals surface area contributed by atoms with Gasteiger partial charge in [-0.15, -0.1) is 0 Å². The van der Waals surface area contributed by atoms with E-state index >= 15 is 0 Å². The fourth-order valence-electron chi connectivity index (χ4n) is 3.60. The van der Waals surface area contributed by atoms with Gasteiger partial charge in [0.2, 0.25) is 5.91 Å². The number of hydrogen-bond donors (Lipinski definition) is 1. The molecular weight excluding hydrogens is 322 g/mol. The van der Waals surface area contributed by atoms with Gasteiger partial charge in [-0.1, -0.05) is 0 Å². The zero-order valence-corrected chi connectivity index (χ0v) is 15.2. The molecule has 0 aromatic carbocycles. The van der Waals surface area contributed by atoms with Crippen LogP contribution in [0.15, 0.2) is 0 Å². The van der Waals surface area contributed by atoms with Crippen LogP contribution in [0.3, 0.4) is 0 Å². The first-order valence-electron chi connectivity index (χ1n) is 8.36. The Morgan fingerprint density at radius 1 is 1.24 bits per heavy atom. The van der Waals surface area contributed by atoms with Gasteiger partial charge in [-0.05, 0) is 27.7 Å². The molecule has 0 spiro atoms. The van der Waals surface area contributed by atoms with E-state index in [-0.39, 0.29) is 24.3 Å². The maximum atomic E-state index is 12.3. The van der Waals surface area contributed by atoms with Crippen LogP contribution in [0.25, 0.3) is 0 Å². The first-order chi connectivity index (χ1) is 11.8. The lowest BCUT2D eigenvalue weighted by molar-refractivity contribution is -0.144. The highest BCUT2D eigenvalue weighted by atomic mass is 16.5. The largest absolute Gasteiger partial charge is 0.465 e. The molecule has 0 saturated carbocycles. The lowest BCUT2D eigenvalue weighted by Crippen LogP contribution is -2.26. The maximum Gasteiger partial charge on any atom is 0.327 e. The van der Waals surface area contributed by atoms with Crippen molar-refractivity contribution in [1.29, 1.82) is 0 Å². The molecule has 0 unspecified atom stereocenters. The summed E-state index contributed by atoms with van der Waals surface area (Å²) in [4.78, 5) is 24.2. The zero-order chi connectivity index (χ0) is 18.3. The van der Waals surface area contributed by atoms with E-state index in [0.29, 0.717) is 18.8 Å². The number of amides is 1. The predicted octanol–water partition coefficient (Wildman–Crippen LogP) is 1.58. The number of nitrogens with one attached hydrogen (secondary N) is 1. The Morgan fingerprint density at radius 2 is 1.92 bits per heavy atom. The van der Waals surface area contributed by atoms with Crippen molar-refractivity contribution in [3.05, 3.63) is 28.2 Å². The number of fused-ring (bicyclic) bond motifs is 1. The number of ether oxygens (including phenoxy) is 1. The molecule has 2 aromatic rings. The van der Waals surface area contributed by atoms with Gasteiger partial charge in [0, 0.05) is 36.2 Å². The van der Waals surface area contributed by atoms with Gasteiger partial charge in [0.1, 0.15) is 12.4 Å². The van der Waals surface area contributed by atoms with Crippen molar-refractivity contribution in [2.45, 2.75) is 46.6 Å². The van der Waals surface area contributed by atoms with Crippen LogP contribution < -0.4 is 5.32 Å².